The second-order valence-corrected chi connectivity index (χ2v) is 9.76. The van der Waals surface area contributed by atoms with Crippen LogP contribution in [-0.2, 0) is 6.18 Å². The van der Waals surface area contributed by atoms with E-state index in [2.05, 4.69) is 26.9 Å². The van der Waals surface area contributed by atoms with Gasteiger partial charge in [0.2, 0.25) is 0 Å². The Morgan fingerprint density at radius 2 is 1.87 bits per heavy atom. The minimum absolute atomic E-state index is 0.0378. The van der Waals surface area contributed by atoms with Gasteiger partial charge < -0.3 is 9.64 Å². The smallest absolute Gasteiger partial charge is 0.433 e. The van der Waals surface area contributed by atoms with Gasteiger partial charge in [-0.3, -0.25) is 14.7 Å². The van der Waals surface area contributed by atoms with Crippen molar-refractivity contribution >= 4 is 11.6 Å². The molecule has 4 aromatic rings. The molecule has 0 aliphatic carbocycles. The largest absolute Gasteiger partial charge is 0.497 e. The lowest BCUT2D eigenvalue weighted by molar-refractivity contribution is -0.143. The highest BCUT2D eigenvalue weighted by molar-refractivity contribution is 6.00. The lowest BCUT2D eigenvalue weighted by Gasteiger charge is -2.42. The van der Waals surface area contributed by atoms with Crippen LogP contribution in [0.4, 0.5) is 13.2 Å². The van der Waals surface area contributed by atoms with Crippen molar-refractivity contribution in [1.82, 2.24) is 29.4 Å². The number of aromatic nitrogens is 4. The zero-order chi connectivity index (χ0) is 27.9. The van der Waals surface area contributed by atoms with Crippen molar-refractivity contribution in [2.45, 2.75) is 39.0 Å². The van der Waals surface area contributed by atoms with E-state index in [9.17, 15) is 18.0 Å². The number of amides is 1. The van der Waals surface area contributed by atoms with Crippen molar-refractivity contribution in [3.8, 4) is 17.0 Å². The van der Waals surface area contributed by atoms with Crippen molar-refractivity contribution < 1.29 is 22.7 Å². The van der Waals surface area contributed by atoms with Crippen LogP contribution in [0.5, 0.6) is 5.75 Å². The monoisotopic (exact) mass is 538 g/mol. The number of alkyl halides is 3. The number of halogens is 3. The van der Waals surface area contributed by atoms with E-state index in [4.69, 9.17) is 4.74 Å². The van der Waals surface area contributed by atoms with Crippen LogP contribution >= 0.6 is 0 Å². The average Bonchev–Trinajstić information content (AvgIpc) is 3.34. The molecule has 2 atom stereocenters. The standard InChI is InChI=1S/C28H29F3N6O2/c1-17-16-35(19(3)21-6-5-11-32-14-21)12-13-36(17)27(38)23-15-33-37-25(28(29,30)31)18(2)24(34-26(23)37)20-7-9-22(39-4)10-8-20/h5-11,14-15,17,19H,12-13,16H2,1-4H3/t17-,19+/m1/s1. The topological polar surface area (TPSA) is 75.9 Å². The van der Waals surface area contributed by atoms with E-state index in [0.717, 1.165) is 10.1 Å². The van der Waals surface area contributed by atoms with Gasteiger partial charge in [-0.2, -0.15) is 18.3 Å². The van der Waals surface area contributed by atoms with Crippen LogP contribution in [0.25, 0.3) is 16.9 Å². The third-order valence-electron chi connectivity index (χ3n) is 7.38. The number of ether oxygens (including phenoxy) is 1. The third kappa shape index (κ3) is 4.94. The molecular weight excluding hydrogens is 509 g/mol. The molecule has 4 heterocycles. The molecule has 3 aromatic heterocycles. The average molecular weight is 539 g/mol. The summed E-state index contributed by atoms with van der Waals surface area (Å²) in [4.78, 5) is 26.4. The molecule has 1 amide bonds. The molecule has 1 fully saturated rings. The first kappa shape index (κ1) is 26.6. The summed E-state index contributed by atoms with van der Waals surface area (Å²) in [5.74, 6) is 0.177. The highest BCUT2D eigenvalue weighted by Gasteiger charge is 2.39. The summed E-state index contributed by atoms with van der Waals surface area (Å²) in [7, 11) is 1.51. The number of nitrogens with zero attached hydrogens (tertiary/aromatic N) is 6. The zero-order valence-electron chi connectivity index (χ0n) is 22.1. The third-order valence-corrected chi connectivity index (χ3v) is 7.38. The first-order valence-electron chi connectivity index (χ1n) is 12.6. The van der Waals surface area contributed by atoms with E-state index < -0.39 is 17.8 Å². The van der Waals surface area contributed by atoms with Crippen LogP contribution in [0.15, 0.2) is 55.0 Å². The minimum Gasteiger partial charge on any atom is -0.497 e. The van der Waals surface area contributed by atoms with E-state index in [1.807, 2.05) is 25.3 Å². The molecule has 1 aliphatic heterocycles. The highest BCUT2D eigenvalue weighted by Crippen LogP contribution is 2.37. The SMILES string of the molecule is COc1ccc(-c2nc3c(C(=O)N4CCN([C@@H](C)c5cccnc5)C[C@H]4C)cnn3c(C(F)(F)F)c2C)cc1. The minimum atomic E-state index is -4.71. The van der Waals surface area contributed by atoms with Crippen LogP contribution in [-0.4, -0.2) is 68.1 Å². The quantitative estimate of drug-likeness (QED) is 0.355. The molecule has 0 N–H and O–H groups in total. The predicted molar refractivity (Wildman–Crippen MR) is 139 cm³/mol. The summed E-state index contributed by atoms with van der Waals surface area (Å²) >= 11 is 0. The molecule has 1 aromatic carbocycles. The van der Waals surface area contributed by atoms with Crippen molar-refractivity contribution in [2.75, 3.05) is 26.7 Å². The molecule has 0 radical (unpaired) electrons. The number of benzene rings is 1. The number of carbonyl (C=O) groups is 1. The van der Waals surface area contributed by atoms with Crippen LogP contribution in [0, 0.1) is 6.92 Å². The summed E-state index contributed by atoms with van der Waals surface area (Å²) < 4.78 is 48.7. The van der Waals surface area contributed by atoms with Gasteiger partial charge >= 0.3 is 6.18 Å². The van der Waals surface area contributed by atoms with E-state index >= 15 is 0 Å². The number of methoxy groups -OCH3 is 1. The number of pyridine rings is 1. The van der Waals surface area contributed by atoms with Crippen LogP contribution in [0.2, 0.25) is 0 Å². The maximum atomic E-state index is 14.3. The molecular formula is C28H29F3N6O2. The first-order valence-corrected chi connectivity index (χ1v) is 12.6. The van der Waals surface area contributed by atoms with Gasteiger partial charge in [-0.25, -0.2) is 9.50 Å². The number of carbonyl (C=O) groups excluding carboxylic acids is 1. The Morgan fingerprint density at radius 1 is 1.13 bits per heavy atom. The van der Waals surface area contributed by atoms with Crippen molar-refractivity contribution in [2.24, 2.45) is 0 Å². The molecule has 0 saturated carbocycles. The summed E-state index contributed by atoms with van der Waals surface area (Å²) in [6, 6.07) is 10.5. The van der Waals surface area contributed by atoms with Gasteiger partial charge in [-0.1, -0.05) is 6.07 Å². The number of rotatable bonds is 5. The summed E-state index contributed by atoms with van der Waals surface area (Å²) in [6.07, 6.45) is 0.0400. The van der Waals surface area contributed by atoms with E-state index in [0.29, 0.717) is 30.9 Å². The molecule has 204 valence electrons. The maximum Gasteiger partial charge on any atom is 0.433 e. The Labute approximate surface area is 224 Å². The molecule has 5 rings (SSSR count). The van der Waals surface area contributed by atoms with Crippen LogP contribution in [0.1, 0.15) is 47.1 Å². The van der Waals surface area contributed by atoms with Gasteiger partial charge in [0.15, 0.2) is 11.3 Å². The molecule has 0 bridgehead atoms. The summed E-state index contributed by atoms with van der Waals surface area (Å²) in [5.41, 5.74) is 0.576. The highest BCUT2D eigenvalue weighted by atomic mass is 19.4. The number of piperazine rings is 1. The number of hydrogen-bond acceptors (Lipinski definition) is 6. The van der Waals surface area contributed by atoms with Gasteiger partial charge in [0.1, 0.15) is 11.3 Å². The molecule has 8 nitrogen and oxygen atoms in total. The van der Waals surface area contributed by atoms with Crippen molar-refractivity contribution in [3.05, 3.63) is 77.4 Å². The maximum absolute atomic E-state index is 14.3. The Bertz CT molecular complexity index is 1490. The molecule has 0 unspecified atom stereocenters. The second-order valence-electron chi connectivity index (χ2n) is 9.76. The lowest BCUT2D eigenvalue weighted by Crippen LogP contribution is -2.54. The summed E-state index contributed by atoms with van der Waals surface area (Å²) in [6.45, 7) is 7.04. The molecule has 39 heavy (non-hydrogen) atoms. The van der Waals surface area contributed by atoms with Gasteiger partial charge in [0.25, 0.3) is 5.91 Å². The van der Waals surface area contributed by atoms with Crippen molar-refractivity contribution in [3.63, 3.8) is 0 Å². The fourth-order valence-corrected chi connectivity index (χ4v) is 5.22. The fourth-order valence-electron chi connectivity index (χ4n) is 5.22. The van der Waals surface area contributed by atoms with E-state index in [1.165, 1.54) is 20.2 Å². The molecule has 11 heteroatoms. The van der Waals surface area contributed by atoms with Gasteiger partial charge in [-0.15, -0.1) is 0 Å². The van der Waals surface area contributed by atoms with Crippen molar-refractivity contribution in [1.29, 1.82) is 0 Å². The number of hydrogen-bond donors (Lipinski definition) is 0. The normalized spacial score (nSPS) is 17.4. The Kier molecular flexibility index (Phi) is 7.02. The summed E-state index contributed by atoms with van der Waals surface area (Å²) in [5, 5.41) is 3.98. The Hall–Kier alpha value is -3.99. The van der Waals surface area contributed by atoms with Gasteiger partial charge in [0.05, 0.1) is 19.0 Å². The number of fused-ring (bicyclic) bond motifs is 1. The Morgan fingerprint density at radius 3 is 2.49 bits per heavy atom. The van der Waals surface area contributed by atoms with Crippen LogP contribution < -0.4 is 4.74 Å². The predicted octanol–water partition coefficient (Wildman–Crippen LogP) is 5.03. The van der Waals surface area contributed by atoms with Gasteiger partial charge in [-0.05, 0) is 56.7 Å². The first-order chi connectivity index (χ1) is 18.6. The molecule has 1 saturated heterocycles. The Balaban J connectivity index is 1.50. The van der Waals surface area contributed by atoms with E-state index in [-0.39, 0.29) is 34.6 Å². The molecule has 0 spiro atoms. The van der Waals surface area contributed by atoms with Gasteiger partial charge in [0, 0.05) is 55.2 Å². The van der Waals surface area contributed by atoms with E-state index in [1.54, 1.807) is 35.4 Å². The second kappa shape index (κ2) is 10.3. The fraction of sp³-hybridized carbons (Fsp3) is 0.357. The molecule has 1 aliphatic rings. The van der Waals surface area contributed by atoms with Crippen LogP contribution in [0.3, 0.4) is 0 Å². The zero-order valence-corrected chi connectivity index (χ0v) is 22.1. The lowest BCUT2D eigenvalue weighted by atomic mass is 10.0.